The van der Waals surface area contributed by atoms with Crippen molar-refractivity contribution in [1.82, 2.24) is 0 Å². The normalized spacial score (nSPS) is 10.7. The van der Waals surface area contributed by atoms with Gasteiger partial charge in [-0.15, -0.1) is 0 Å². The highest BCUT2D eigenvalue weighted by molar-refractivity contribution is 5.94. The van der Waals surface area contributed by atoms with Gasteiger partial charge in [-0.05, 0) is 20.8 Å². The van der Waals surface area contributed by atoms with Crippen molar-refractivity contribution >= 4 is 11.9 Å². The van der Waals surface area contributed by atoms with E-state index in [9.17, 15) is 9.59 Å². The third kappa shape index (κ3) is 5.90. The molecule has 0 aromatic rings. The van der Waals surface area contributed by atoms with E-state index in [-0.39, 0.29) is 12.0 Å². The van der Waals surface area contributed by atoms with Gasteiger partial charge in [0.1, 0.15) is 5.60 Å². The van der Waals surface area contributed by atoms with Crippen LogP contribution < -0.4 is 5.73 Å². The number of ether oxygens (including phenoxy) is 1. The molecular formula is C9H15NO3. The maximum Gasteiger partial charge on any atom is 0.334 e. The Bertz CT molecular complexity index is 238. The minimum Gasteiger partial charge on any atom is -0.457 e. The van der Waals surface area contributed by atoms with E-state index in [0.717, 1.165) is 0 Å². The minimum atomic E-state index is -0.587. The molecule has 0 radical (unpaired) electrons. The van der Waals surface area contributed by atoms with Crippen LogP contribution in [0.25, 0.3) is 0 Å². The topological polar surface area (TPSA) is 69.4 Å². The quantitative estimate of drug-likeness (QED) is 0.521. The number of esters is 1. The van der Waals surface area contributed by atoms with Gasteiger partial charge in [-0.2, -0.15) is 0 Å². The van der Waals surface area contributed by atoms with Crippen LogP contribution in [0.2, 0.25) is 0 Å². The zero-order chi connectivity index (χ0) is 10.6. The molecule has 4 nitrogen and oxygen atoms in total. The van der Waals surface area contributed by atoms with Gasteiger partial charge < -0.3 is 10.5 Å². The second-order valence-corrected chi connectivity index (χ2v) is 3.75. The summed E-state index contributed by atoms with van der Waals surface area (Å²) >= 11 is 0. The van der Waals surface area contributed by atoms with E-state index in [1.807, 2.05) is 0 Å². The maximum atomic E-state index is 11.2. The van der Waals surface area contributed by atoms with Crippen LogP contribution in [0, 0.1) is 0 Å². The summed E-state index contributed by atoms with van der Waals surface area (Å²) in [4.78, 5) is 21.6. The fourth-order valence-electron chi connectivity index (χ4n) is 0.633. The first-order valence-corrected chi connectivity index (χ1v) is 3.92. The van der Waals surface area contributed by atoms with Crippen molar-refractivity contribution in [1.29, 1.82) is 0 Å². The summed E-state index contributed by atoms with van der Waals surface area (Å²) in [6.07, 6.45) is -0.158. The number of carbonyl (C=O) groups is 2. The Morgan fingerprint density at radius 1 is 1.38 bits per heavy atom. The van der Waals surface area contributed by atoms with Gasteiger partial charge in [0.2, 0.25) is 5.91 Å². The van der Waals surface area contributed by atoms with Gasteiger partial charge in [0.25, 0.3) is 0 Å². The van der Waals surface area contributed by atoms with Crippen molar-refractivity contribution in [3.8, 4) is 0 Å². The molecule has 0 aliphatic rings. The van der Waals surface area contributed by atoms with Crippen molar-refractivity contribution < 1.29 is 14.3 Å². The summed E-state index contributed by atoms with van der Waals surface area (Å²) in [5.41, 5.74) is 4.40. The summed E-state index contributed by atoms with van der Waals surface area (Å²) in [5, 5.41) is 0. The van der Waals surface area contributed by atoms with Crippen molar-refractivity contribution in [2.75, 3.05) is 0 Å². The monoisotopic (exact) mass is 185 g/mol. The molecule has 1 amide bonds. The second-order valence-electron chi connectivity index (χ2n) is 3.75. The highest BCUT2D eigenvalue weighted by Gasteiger charge is 2.19. The molecular weight excluding hydrogens is 170 g/mol. The number of primary amides is 1. The van der Waals surface area contributed by atoms with Gasteiger partial charge in [-0.3, -0.25) is 4.79 Å². The Morgan fingerprint density at radius 2 is 1.85 bits per heavy atom. The lowest BCUT2D eigenvalue weighted by Crippen LogP contribution is -2.26. The van der Waals surface area contributed by atoms with Gasteiger partial charge in [0.15, 0.2) is 0 Å². The number of hydrogen-bond donors (Lipinski definition) is 1. The Labute approximate surface area is 77.7 Å². The summed E-state index contributed by atoms with van der Waals surface area (Å²) < 4.78 is 4.95. The first-order valence-electron chi connectivity index (χ1n) is 3.92. The molecule has 4 heteroatoms. The third-order valence-corrected chi connectivity index (χ3v) is 1.08. The molecule has 0 fully saturated rings. The largest absolute Gasteiger partial charge is 0.457 e. The molecule has 0 aliphatic carbocycles. The molecule has 0 saturated carbocycles. The molecule has 0 atom stereocenters. The lowest BCUT2D eigenvalue weighted by molar-refractivity contribution is -0.150. The van der Waals surface area contributed by atoms with E-state index in [1.54, 1.807) is 20.8 Å². The Kier molecular flexibility index (Phi) is 3.66. The SMILES string of the molecule is C=C(CC(N)=O)C(=O)OC(C)(C)C. The molecule has 74 valence electrons. The molecule has 0 bridgehead atoms. The van der Waals surface area contributed by atoms with E-state index in [4.69, 9.17) is 10.5 Å². The molecule has 2 N–H and O–H groups in total. The molecule has 0 aliphatic heterocycles. The zero-order valence-corrected chi connectivity index (χ0v) is 8.22. The van der Waals surface area contributed by atoms with Gasteiger partial charge >= 0.3 is 5.97 Å². The predicted molar refractivity (Wildman–Crippen MR) is 48.8 cm³/mol. The third-order valence-electron chi connectivity index (χ3n) is 1.08. The number of rotatable bonds is 3. The Balaban J connectivity index is 4.13. The van der Waals surface area contributed by atoms with Crippen molar-refractivity contribution in [2.24, 2.45) is 5.73 Å². The molecule has 0 spiro atoms. The van der Waals surface area contributed by atoms with Crippen LogP contribution in [-0.2, 0) is 14.3 Å². The van der Waals surface area contributed by atoms with E-state index in [0.29, 0.717) is 0 Å². The molecule has 13 heavy (non-hydrogen) atoms. The molecule has 0 unspecified atom stereocenters. The van der Waals surface area contributed by atoms with Gasteiger partial charge in [-0.1, -0.05) is 6.58 Å². The molecule has 0 aromatic heterocycles. The van der Waals surface area contributed by atoms with Crippen LogP contribution in [0.3, 0.4) is 0 Å². The lowest BCUT2D eigenvalue weighted by atomic mass is 10.1. The van der Waals surface area contributed by atoms with Gasteiger partial charge in [-0.25, -0.2) is 4.79 Å². The van der Waals surface area contributed by atoms with Crippen LogP contribution in [0.4, 0.5) is 0 Å². The fourth-order valence-corrected chi connectivity index (χ4v) is 0.633. The lowest BCUT2D eigenvalue weighted by Gasteiger charge is -2.19. The molecule has 0 heterocycles. The maximum absolute atomic E-state index is 11.2. The minimum absolute atomic E-state index is 0.0856. The molecule has 0 saturated heterocycles. The Hall–Kier alpha value is -1.32. The van der Waals surface area contributed by atoms with Crippen molar-refractivity contribution in [3.63, 3.8) is 0 Å². The number of hydrogen-bond acceptors (Lipinski definition) is 3. The Morgan fingerprint density at radius 3 is 2.15 bits per heavy atom. The van der Waals surface area contributed by atoms with Gasteiger partial charge in [0.05, 0.1) is 6.42 Å². The average Bonchev–Trinajstić information content (AvgIpc) is 1.81. The summed E-state index contributed by atoms with van der Waals surface area (Å²) in [7, 11) is 0. The van der Waals surface area contributed by atoms with Crippen LogP contribution >= 0.6 is 0 Å². The van der Waals surface area contributed by atoms with E-state index >= 15 is 0 Å². The number of amides is 1. The van der Waals surface area contributed by atoms with Crippen molar-refractivity contribution in [2.45, 2.75) is 32.8 Å². The van der Waals surface area contributed by atoms with E-state index in [2.05, 4.69) is 6.58 Å². The summed E-state index contributed by atoms with van der Waals surface area (Å²) in [5.74, 6) is -1.16. The van der Waals surface area contributed by atoms with Crippen LogP contribution in [0.1, 0.15) is 27.2 Å². The van der Waals surface area contributed by atoms with E-state index in [1.165, 1.54) is 0 Å². The summed E-state index contributed by atoms with van der Waals surface area (Å²) in [6, 6.07) is 0. The first-order chi connectivity index (χ1) is 5.72. The van der Waals surface area contributed by atoms with E-state index < -0.39 is 17.5 Å². The molecule has 0 aromatic carbocycles. The first kappa shape index (κ1) is 11.7. The standard InChI is InChI=1S/C9H15NO3/c1-6(5-7(10)11)8(12)13-9(2,3)4/h1,5H2,2-4H3,(H2,10,11). The highest BCUT2D eigenvalue weighted by Crippen LogP contribution is 2.11. The number of carbonyl (C=O) groups excluding carboxylic acids is 2. The van der Waals surface area contributed by atoms with Crippen molar-refractivity contribution in [3.05, 3.63) is 12.2 Å². The van der Waals surface area contributed by atoms with Gasteiger partial charge in [0, 0.05) is 5.57 Å². The highest BCUT2D eigenvalue weighted by atomic mass is 16.6. The van der Waals surface area contributed by atoms with Crippen LogP contribution in [0.15, 0.2) is 12.2 Å². The average molecular weight is 185 g/mol. The smallest absolute Gasteiger partial charge is 0.334 e. The van der Waals surface area contributed by atoms with Crippen LogP contribution in [-0.4, -0.2) is 17.5 Å². The predicted octanol–water partition coefficient (Wildman–Crippen LogP) is 0.760. The fraction of sp³-hybridized carbons (Fsp3) is 0.556. The zero-order valence-electron chi connectivity index (χ0n) is 8.22. The summed E-state index contributed by atoms with van der Waals surface area (Å²) in [6.45, 7) is 8.62. The number of nitrogens with two attached hydrogens (primary N) is 1. The van der Waals surface area contributed by atoms with Crippen LogP contribution in [0.5, 0.6) is 0 Å². The second kappa shape index (κ2) is 4.07. The molecule has 0 rings (SSSR count).